The first-order valence-electron chi connectivity index (χ1n) is 9.03. The molecule has 29 heavy (non-hydrogen) atoms. The minimum absolute atomic E-state index is 0.0749. The van der Waals surface area contributed by atoms with Gasteiger partial charge < -0.3 is 20.1 Å². The van der Waals surface area contributed by atoms with Crippen LogP contribution in [0.15, 0.2) is 40.9 Å². The third-order valence-electron chi connectivity index (χ3n) is 4.52. The molecule has 0 aliphatic rings. The Balaban J connectivity index is 1.97. The van der Waals surface area contributed by atoms with E-state index in [2.05, 4.69) is 26.6 Å². The van der Waals surface area contributed by atoms with Crippen LogP contribution in [0.5, 0.6) is 11.5 Å². The van der Waals surface area contributed by atoms with Gasteiger partial charge in [-0.2, -0.15) is 0 Å². The molecule has 0 aromatic heterocycles. The summed E-state index contributed by atoms with van der Waals surface area (Å²) in [5, 5.41) is 5.71. The van der Waals surface area contributed by atoms with E-state index < -0.39 is 6.04 Å². The van der Waals surface area contributed by atoms with E-state index in [9.17, 15) is 9.59 Å². The fourth-order valence-corrected chi connectivity index (χ4v) is 3.12. The van der Waals surface area contributed by atoms with Gasteiger partial charge in [-0.3, -0.25) is 14.5 Å². The summed E-state index contributed by atoms with van der Waals surface area (Å²) >= 11 is 3.40. The molecular formula is C21H26BrN3O4. The summed E-state index contributed by atoms with van der Waals surface area (Å²) < 4.78 is 11.4. The first-order valence-corrected chi connectivity index (χ1v) is 9.83. The zero-order chi connectivity index (χ0) is 21.6. The average molecular weight is 464 g/mol. The number of halogens is 1. The lowest BCUT2D eigenvalue weighted by molar-refractivity contribution is -0.122. The molecule has 0 saturated carbocycles. The second-order valence-electron chi connectivity index (χ2n) is 6.69. The number of ether oxygens (including phenoxy) is 2. The summed E-state index contributed by atoms with van der Waals surface area (Å²) in [6.07, 6.45) is 0. The van der Waals surface area contributed by atoms with Gasteiger partial charge in [0.25, 0.3) is 0 Å². The SMILES string of the molecule is COc1cc(NC(=O)[C@@H](C)N(C)CC(=O)Nc2ccc(Br)cc2C)cc(OC)c1. The van der Waals surface area contributed by atoms with E-state index in [0.717, 1.165) is 15.7 Å². The van der Waals surface area contributed by atoms with Crippen LogP contribution >= 0.6 is 15.9 Å². The van der Waals surface area contributed by atoms with Crippen LogP contribution in [-0.4, -0.2) is 50.6 Å². The van der Waals surface area contributed by atoms with Crippen LogP contribution in [0.1, 0.15) is 12.5 Å². The van der Waals surface area contributed by atoms with E-state index in [0.29, 0.717) is 17.2 Å². The van der Waals surface area contributed by atoms with Crippen molar-refractivity contribution in [2.45, 2.75) is 19.9 Å². The minimum Gasteiger partial charge on any atom is -0.497 e. The second-order valence-corrected chi connectivity index (χ2v) is 7.60. The zero-order valence-corrected chi connectivity index (χ0v) is 18.8. The van der Waals surface area contributed by atoms with Crippen LogP contribution in [0.4, 0.5) is 11.4 Å². The highest BCUT2D eigenvalue weighted by Gasteiger charge is 2.21. The highest BCUT2D eigenvalue weighted by atomic mass is 79.9. The molecule has 0 heterocycles. The highest BCUT2D eigenvalue weighted by molar-refractivity contribution is 9.10. The Labute approximate surface area is 179 Å². The van der Waals surface area contributed by atoms with Crippen molar-refractivity contribution in [2.75, 3.05) is 38.4 Å². The molecule has 8 heteroatoms. The Morgan fingerprint density at radius 3 is 2.24 bits per heavy atom. The van der Waals surface area contributed by atoms with Crippen molar-refractivity contribution in [3.05, 3.63) is 46.4 Å². The molecule has 2 amide bonds. The van der Waals surface area contributed by atoms with Crippen molar-refractivity contribution in [2.24, 2.45) is 0 Å². The van der Waals surface area contributed by atoms with Crippen LogP contribution in [0, 0.1) is 6.92 Å². The number of carbonyl (C=O) groups excluding carboxylic acids is 2. The summed E-state index contributed by atoms with van der Waals surface area (Å²) in [5.41, 5.74) is 2.25. The molecule has 0 bridgehead atoms. The maximum atomic E-state index is 12.6. The zero-order valence-electron chi connectivity index (χ0n) is 17.2. The summed E-state index contributed by atoms with van der Waals surface area (Å²) in [6.45, 7) is 3.74. The third kappa shape index (κ3) is 6.47. The quantitative estimate of drug-likeness (QED) is 0.624. The largest absolute Gasteiger partial charge is 0.497 e. The molecule has 0 aliphatic carbocycles. The fourth-order valence-electron chi connectivity index (χ4n) is 2.65. The van der Waals surface area contributed by atoms with Crippen molar-refractivity contribution in [3.8, 4) is 11.5 Å². The molecule has 7 nitrogen and oxygen atoms in total. The predicted molar refractivity (Wildman–Crippen MR) is 118 cm³/mol. The normalized spacial score (nSPS) is 11.7. The Bertz CT molecular complexity index is 866. The maximum absolute atomic E-state index is 12.6. The van der Waals surface area contributed by atoms with Gasteiger partial charge in [-0.1, -0.05) is 15.9 Å². The van der Waals surface area contributed by atoms with E-state index in [1.165, 1.54) is 0 Å². The molecule has 0 aliphatic heterocycles. The Hall–Kier alpha value is -2.58. The molecule has 0 fully saturated rings. The standard InChI is InChI=1S/C21H26BrN3O4/c1-13-8-15(22)6-7-19(13)24-20(26)12-25(3)14(2)21(27)23-16-9-17(28-4)11-18(10-16)29-5/h6-11,14H,12H2,1-5H3,(H,23,27)(H,24,26)/t14-/m1/s1. The molecule has 2 N–H and O–H groups in total. The number of amides is 2. The maximum Gasteiger partial charge on any atom is 0.241 e. The predicted octanol–water partition coefficient (Wildman–Crippen LogP) is 3.67. The van der Waals surface area contributed by atoms with Gasteiger partial charge in [-0.15, -0.1) is 0 Å². The van der Waals surface area contributed by atoms with Gasteiger partial charge in [0.2, 0.25) is 11.8 Å². The lowest BCUT2D eigenvalue weighted by atomic mass is 10.2. The van der Waals surface area contributed by atoms with E-state index in [-0.39, 0.29) is 18.4 Å². The number of likely N-dealkylation sites (N-methyl/N-ethyl adjacent to an activating group) is 1. The smallest absolute Gasteiger partial charge is 0.241 e. The van der Waals surface area contributed by atoms with Gasteiger partial charge in [-0.25, -0.2) is 0 Å². The topological polar surface area (TPSA) is 79.9 Å². The molecule has 0 spiro atoms. The number of anilines is 2. The number of hydrogen-bond donors (Lipinski definition) is 2. The van der Waals surface area contributed by atoms with Crippen molar-refractivity contribution in [1.82, 2.24) is 4.90 Å². The first-order chi connectivity index (χ1) is 13.7. The summed E-state index contributed by atoms with van der Waals surface area (Å²) in [5.74, 6) is 0.714. The van der Waals surface area contributed by atoms with Gasteiger partial charge >= 0.3 is 0 Å². The van der Waals surface area contributed by atoms with Crippen LogP contribution < -0.4 is 20.1 Å². The monoisotopic (exact) mass is 463 g/mol. The van der Waals surface area contributed by atoms with Crippen molar-refractivity contribution in [3.63, 3.8) is 0 Å². The average Bonchev–Trinajstić information content (AvgIpc) is 2.68. The molecule has 156 valence electrons. The van der Waals surface area contributed by atoms with Gasteiger partial charge in [0.1, 0.15) is 11.5 Å². The van der Waals surface area contributed by atoms with Crippen LogP contribution in [0.2, 0.25) is 0 Å². The summed E-state index contributed by atoms with van der Waals surface area (Å²) in [6, 6.07) is 10.2. The second kappa shape index (κ2) is 10.3. The minimum atomic E-state index is -0.524. The molecule has 2 rings (SSSR count). The lowest BCUT2D eigenvalue weighted by Crippen LogP contribution is -2.43. The van der Waals surface area contributed by atoms with Crippen LogP contribution in [0.3, 0.4) is 0 Å². The summed E-state index contributed by atoms with van der Waals surface area (Å²) in [4.78, 5) is 26.7. The van der Waals surface area contributed by atoms with Gasteiger partial charge in [-0.05, 0) is 44.7 Å². The molecule has 2 aromatic carbocycles. The van der Waals surface area contributed by atoms with Crippen LogP contribution in [0.25, 0.3) is 0 Å². The van der Waals surface area contributed by atoms with Crippen LogP contribution in [-0.2, 0) is 9.59 Å². The van der Waals surface area contributed by atoms with Gasteiger partial charge in [0.15, 0.2) is 0 Å². The summed E-state index contributed by atoms with van der Waals surface area (Å²) in [7, 11) is 4.81. The molecule has 0 unspecified atom stereocenters. The fraction of sp³-hybridized carbons (Fsp3) is 0.333. The number of benzene rings is 2. The molecule has 2 aromatic rings. The van der Waals surface area contributed by atoms with Crippen molar-refractivity contribution in [1.29, 1.82) is 0 Å². The Morgan fingerprint density at radius 1 is 1.07 bits per heavy atom. The van der Waals surface area contributed by atoms with Gasteiger partial charge in [0, 0.05) is 34.0 Å². The van der Waals surface area contributed by atoms with E-state index >= 15 is 0 Å². The molecule has 0 radical (unpaired) electrons. The first kappa shape index (κ1) is 22.7. The van der Waals surface area contributed by atoms with Gasteiger partial charge in [0.05, 0.1) is 26.8 Å². The number of rotatable bonds is 8. The van der Waals surface area contributed by atoms with E-state index in [1.54, 1.807) is 51.3 Å². The number of aryl methyl sites for hydroxylation is 1. The molecular weight excluding hydrogens is 438 g/mol. The number of methoxy groups -OCH3 is 2. The van der Waals surface area contributed by atoms with E-state index in [4.69, 9.17) is 9.47 Å². The Morgan fingerprint density at radius 2 is 1.69 bits per heavy atom. The number of nitrogens with zero attached hydrogens (tertiary/aromatic N) is 1. The lowest BCUT2D eigenvalue weighted by Gasteiger charge is -2.23. The van der Waals surface area contributed by atoms with Crippen molar-refractivity contribution >= 4 is 39.1 Å². The molecule has 1 atom stereocenters. The van der Waals surface area contributed by atoms with Crippen molar-refractivity contribution < 1.29 is 19.1 Å². The Kier molecular flexibility index (Phi) is 8.04. The van der Waals surface area contributed by atoms with E-state index in [1.807, 2.05) is 25.1 Å². The molecule has 0 saturated heterocycles. The highest BCUT2D eigenvalue weighted by Crippen LogP contribution is 2.26. The number of carbonyl (C=O) groups is 2. The number of nitrogens with one attached hydrogen (secondary N) is 2. The third-order valence-corrected chi connectivity index (χ3v) is 5.01. The number of hydrogen-bond acceptors (Lipinski definition) is 5.